The Balaban J connectivity index is 1.73. The number of hydrogen-bond acceptors (Lipinski definition) is 6. The molecule has 0 saturated heterocycles. The lowest BCUT2D eigenvalue weighted by Crippen LogP contribution is -2.53. The lowest BCUT2D eigenvalue weighted by Gasteiger charge is -2.34. The summed E-state index contributed by atoms with van der Waals surface area (Å²) in [5.41, 5.74) is 1.72. The van der Waals surface area contributed by atoms with E-state index in [4.69, 9.17) is 21.1 Å². The van der Waals surface area contributed by atoms with Crippen LogP contribution in [0.2, 0.25) is 5.02 Å². The van der Waals surface area contributed by atoms with E-state index < -0.39 is 28.5 Å². The first-order valence-electron chi connectivity index (χ1n) is 13.2. The van der Waals surface area contributed by atoms with Crippen LogP contribution in [0.3, 0.4) is 0 Å². The van der Waals surface area contributed by atoms with Crippen molar-refractivity contribution in [1.82, 2.24) is 10.2 Å². The number of anilines is 1. The van der Waals surface area contributed by atoms with Crippen molar-refractivity contribution in [1.29, 1.82) is 0 Å². The van der Waals surface area contributed by atoms with Gasteiger partial charge in [0.25, 0.3) is 0 Å². The lowest BCUT2D eigenvalue weighted by molar-refractivity contribution is -0.140. The van der Waals surface area contributed by atoms with Crippen LogP contribution in [0.4, 0.5) is 5.69 Å². The molecule has 11 heteroatoms. The Hall–Kier alpha value is -3.76. The molecular weight excluding hydrogens is 566 g/mol. The van der Waals surface area contributed by atoms with Gasteiger partial charge in [-0.25, -0.2) is 8.42 Å². The molecule has 0 spiro atoms. The normalized spacial score (nSPS) is 13.1. The summed E-state index contributed by atoms with van der Waals surface area (Å²) in [6.07, 6.45) is 1.25. The second kappa shape index (κ2) is 13.3. The Morgan fingerprint density at radius 3 is 2.34 bits per heavy atom. The van der Waals surface area contributed by atoms with E-state index in [-0.39, 0.29) is 37.3 Å². The summed E-state index contributed by atoms with van der Waals surface area (Å²) >= 11 is 6.48. The van der Waals surface area contributed by atoms with Gasteiger partial charge in [-0.3, -0.25) is 13.9 Å². The zero-order chi connectivity index (χ0) is 29.6. The molecule has 4 rings (SSSR count). The third kappa shape index (κ3) is 7.92. The van der Waals surface area contributed by atoms with Crippen LogP contribution in [0.5, 0.6) is 11.5 Å². The van der Waals surface area contributed by atoms with Gasteiger partial charge in [-0.2, -0.15) is 0 Å². The number of carbonyl (C=O) groups is 2. The number of nitrogens with one attached hydrogen (secondary N) is 1. The molecule has 1 heterocycles. The quantitative estimate of drug-likeness (QED) is 0.334. The molecule has 0 unspecified atom stereocenters. The van der Waals surface area contributed by atoms with E-state index in [9.17, 15) is 18.0 Å². The van der Waals surface area contributed by atoms with E-state index in [1.165, 1.54) is 11.0 Å². The Bertz CT molecular complexity index is 1480. The Kier molecular flexibility index (Phi) is 9.77. The number of sulfonamides is 1. The minimum absolute atomic E-state index is 0.00382. The van der Waals surface area contributed by atoms with Gasteiger partial charge < -0.3 is 19.7 Å². The molecule has 2 amide bonds. The number of fused-ring (bicyclic) bond motifs is 1. The highest BCUT2D eigenvalue weighted by Gasteiger charge is 2.33. The topological polar surface area (TPSA) is 105 Å². The highest BCUT2D eigenvalue weighted by molar-refractivity contribution is 7.92. The summed E-state index contributed by atoms with van der Waals surface area (Å²) in [5, 5.41) is 3.39. The van der Waals surface area contributed by atoms with Crippen LogP contribution in [-0.4, -0.2) is 57.3 Å². The van der Waals surface area contributed by atoms with Gasteiger partial charge in [-0.1, -0.05) is 74.0 Å². The molecule has 0 aromatic heterocycles. The molecule has 0 aliphatic carbocycles. The number of nitrogens with zero attached hydrogens (tertiary/aromatic N) is 2. The number of rotatable bonds is 12. The maximum Gasteiger partial charge on any atom is 0.244 e. The number of ether oxygens (including phenoxy) is 2. The van der Waals surface area contributed by atoms with E-state index in [1.54, 1.807) is 36.4 Å². The lowest BCUT2D eigenvalue weighted by atomic mass is 10.0. The van der Waals surface area contributed by atoms with Crippen molar-refractivity contribution in [2.75, 3.05) is 30.4 Å². The zero-order valence-electron chi connectivity index (χ0n) is 23.2. The van der Waals surface area contributed by atoms with Crippen molar-refractivity contribution in [2.24, 2.45) is 5.92 Å². The molecular formula is C30H34ClN3O6S. The molecule has 1 N–H and O–H groups in total. The summed E-state index contributed by atoms with van der Waals surface area (Å²) in [6, 6.07) is 20.2. The SMILES string of the molecule is CC(C)CNC(=O)[C@@H](Cc1ccccc1)N(Cc1ccccc1Cl)C(=O)CN(c1ccc2c(c1)OCO2)S(C)(=O)=O. The molecule has 0 fully saturated rings. The summed E-state index contributed by atoms with van der Waals surface area (Å²) in [7, 11) is -3.91. The van der Waals surface area contributed by atoms with E-state index in [0.717, 1.165) is 16.1 Å². The van der Waals surface area contributed by atoms with E-state index in [2.05, 4.69) is 5.32 Å². The van der Waals surface area contributed by atoms with Gasteiger partial charge in [0.2, 0.25) is 28.6 Å². The first-order chi connectivity index (χ1) is 19.5. The van der Waals surface area contributed by atoms with Crippen molar-refractivity contribution in [3.8, 4) is 11.5 Å². The Morgan fingerprint density at radius 1 is 0.976 bits per heavy atom. The molecule has 3 aromatic carbocycles. The first-order valence-corrected chi connectivity index (χ1v) is 15.5. The largest absolute Gasteiger partial charge is 0.454 e. The standard InChI is InChI=1S/C30H34ClN3O6S/c1-21(2)17-32-30(36)26(15-22-9-5-4-6-10-22)33(18-23-11-7-8-12-25(23)31)29(35)19-34(41(3,37)38)24-13-14-27-28(16-24)40-20-39-27/h4-14,16,21,26H,15,17-20H2,1-3H3,(H,32,36)/t26-/m1/s1. The molecule has 9 nitrogen and oxygen atoms in total. The van der Waals surface area contributed by atoms with Crippen LogP contribution in [0.25, 0.3) is 0 Å². The predicted molar refractivity (Wildman–Crippen MR) is 159 cm³/mol. The summed E-state index contributed by atoms with van der Waals surface area (Å²) < 4.78 is 37.7. The van der Waals surface area contributed by atoms with Gasteiger partial charge in [0.15, 0.2) is 11.5 Å². The second-order valence-corrected chi connectivity index (χ2v) is 12.6. The molecule has 0 radical (unpaired) electrons. The van der Waals surface area contributed by atoms with Crippen LogP contribution in [0.1, 0.15) is 25.0 Å². The fraction of sp³-hybridized carbons (Fsp3) is 0.333. The maximum atomic E-state index is 14.1. The molecule has 3 aromatic rings. The third-order valence-corrected chi connectivity index (χ3v) is 8.09. The zero-order valence-corrected chi connectivity index (χ0v) is 24.8. The second-order valence-electron chi connectivity index (χ2n) is 10.3. The highest BCUT2D eigenvalue weighted by Crippen LogP contribution is 2.36. The molecule has 218 valence electrons. The van der Waals surface area contributed by atoms with Gasteiger partial charge in [-0.05, 0) is 35.2 Å². The highest BCUT2D eigenvalue weighted by atomic mass is 35.5. The van der Waals surface area contributed by atoms with Gasteiger partial charge in [0, 0.05) is 30.6 Å². The van der Waals surface area contributed by atoms with Crippen LogP contribution >= 0.6 is 11.6 Å². The van der Waals surface area contributed by atoms with Gasteiger partial charge in [0.05, 0.1) is 11.9 Å². The summed E-state index contributed by atoms with van der Waals surface area (Å²) in [6.45, 7) is 3.87. The van der Waals surface area contributed by atoms with Crippen molar-refractivity contribution >= 4 is 39.1 Å². The smallest absolute Gasteiger partial charge is 0.244 e. The number of hydrogen-bond donors (Lipinski definition) is 1. The summed E-state index contributed by atoms with van der Waals surface area (Å²) in [5.74, 6) is 0.159. The monoisotopic (exact) mass is 599 g/mol. The maximum absolute atomic E-state index is 14.1. The van der Waals surface area contributed by atoms with E-state index >= 15 is 0 Å². The van der Waals surface area contributed by atoms with Gasteiger partial charge in [-0.15, -0.1) is 0 Å². The first kappa shape index (κ1) is 30.2. The van der Waals surface area contributed by atoms with Crippen LogP contribution < -0.4 is 19.1 Å². The number of halogens is 1. The average molecular weight is 600 g/mol. The van der Waals surface area contributed by atoms with E-state index in [1.807, 2.05) is 44.2 Å². The Morgan fingerprint density at radius 2 is 1.66 bits per heavy atom. The van der Waals surface area contributed by atoms with Crippen molar-refractivity contribution < 1.29 is 27.5 Å². The number of amides is 2. The van der Waals surface area contributed by atoms with E-state index in [0.29, 0.717) is 28.6 Å². The Labute approximate surface area is 246 Å². The van der Waals surface area contributed by atoms with Crippen molar-refractivity contribution in [3.05, 3.63) is 88.9 Å². The number of benzene rings is 3. The third-order valence-electron chi connectivity index (χ3n) is 6.58. The predicted octanol–water partition coefficient (Wildman–Crippen LogP) is 4.25. The fourth-order valence-electron chi connectivity index (χ4n) is 4.44. The summed E-state index contributed by atoms with van der Waals surface area (Å²) in [4.78, 5) is 29.2. The van der Waals surface area contributed by atoms with Crippen LogP contribution in [0.15, 0.2) is 72.8 Å². The van der Waals surface area contributed by atoms with Crippen LogP contribution in [0, 0.1) is 5.92 Å². The van der Waals surface area contributed by atoms with Crippen molar-refractivity contribution in [2.45, 2.75) is 32.9 Å². The molecule has 1 aliphatic heterocycles. The fourth-order valence-corrected chi connectivity index (χ4v) is 5.48. The molecule has 0 saturated carbocycles. The van der Waals surface area contributed by atoms with Crippen molar-refractivity contribution in [3.63, 3.8) is 0 Å². The minimum Gasteiger partial charge on any atom is -0.454 e. The molecule has 41 heavy (non-hydrogen) atoms. The molecule has 1 aliphatic rings. The molecule has 1 atom stereocenters. The van der Waals surface area contributed by atoms with Gasteiger partial charge in [0.1, 0.15) is 12.6 Å². The number of carbonyl (C=O) groups excluding carboxylic acids is 2. The average Bonchev–Trinajstić information content (AvgIpc) is 3.41. The molecule has 0 bridgehead atoms. The van der Waals surface area contributed by atoms with Gasteiger partial charge >= 0.3 is 0 Å². The van der Waals surface area contributed by atoms with Crippen LogP contribution in [-0.2, 0) is 32.6 Å². The minimum atomic E-state index is -3.91.